The van der Waals surface area contributed by atoms with E-state index in [0.717, 1.165) is 6.07 Å². The molecular formula is C15H11NO6. The fourth-order valence-corrected chi connectivity index (χ4v) is 1.72. The second-order valence-electron chi connectivity index (χ2n) is 4.22. The van der Waals surface area contributed by atoms with Gasteiger partial charge in [0.25, 0.3) is 0 Å². The summed E-state index contributed by atoms with van der Waals surface area (Å²) in [5.41, 5.74) is -0.114. The van der Waals surface area contributed by atoms with Crippen LogP contribution in [-0.4, -0.2) is 24.3 Å². The van der Waals surface area contributed by atoms with Crippen LogP contribution < -0.4 is 9.47 Å². The molecule has 112 valence electrons. The topological polar surface area (TPSA) is 95.7 Å². The van der Waals surface area contributed by atoms with Crippen LogP contribution in [-0.2, 0) is 0 Å². The maximum Gasteiger partial charge on any atom is 0.343 e. The van der Waals surface area contributed by atoms with E-state index in [1.54, 1.807) is 12.1 Å². The predicted molar refractivity (Wildman–Crippen MR) is 76.4 cm³/mol. The molecule has 0 atom stereocenters. The number of nitrogens with zero attached hydrogens (tertiary/aromatic N) is 1. The Morgan fingerprint density at radius 3 is 2.41 bits per heavy atom. The summed E-state index contributed by atoms with van der Waals surface area (Å²) in [5.74, 6) is -0.404. The number of nitro benzene ring substituents is 1. The Kier molecular flexibility index (Phi) is 4.47. The molecule has 0 saturated heterocycles. The van der Waals surface area contributed by atoms with Gasteiger partial charge in [-0.1, -0.05) is 0 Å². The van der Waals surface area contributed by atoms with Gasteiger partial charge in [-0.2, -0.15) is 0 Å². The van der Waals surface area contributed by atoms with Crippen molar-refractivity contribution in [1.29, 1.82) is 0 Å². The van der Waals surface area contributed by atoms with Crippen LogP contribution in [0.1, 0.15) is 20.7 Å². The van der Waals surface area contributed by atoms with Crippen LogP contribution in [0.3, 0.4) is 0 Å². The van der Waals surface area contributed by atoms with E-state index in [0.29, 0.717) is 12.0 Å². The van der Waals surface area contributed by atoms with E-state index in [1.165, 1.54) is 31.4 Å². The third-order valence-electron chi connectivity index (χ3n) is 2.84. The van der Waals surface area contributed by atoms with Crippen LogP contribution >= 0.6 is 0 Å². The van der Waals surface area contributed by atoms with Gasteiger partial charge in [-0.05, 0) is 36.4 Å². The van der Waals surface area contributed by atoms with Gasteiger partial charge >= 0.3 is 11.7 Å². The molecule has 2 rings (SSSR count). The van der Waals surface area contributed by atoms with Crippen LogP contribution in [0.25, 0.3) is 0 Å². The van der Waals surface area contributed by atoms with Crippen LogP contribution in [0.2, 0.25) is 0 Å². The Morgan fingerprint density at radius 1 is 1.18 bits per heavy atom. The van der Waals surface area contributed by atoms with Crippen molar-refractivity contribution in [2.45, 2.75) is 0 Å². The summed E-state index contributed by atoms with van der Waals surface area (Å²) in [6.07, 6.45) is 0.474. The Morgan fingerprint density at radius 2 is 1.86 bits per heavy atom. The Hall–Kier alpha value is -3.22. The van der Waals surface area contributed by atoms with Crippen molar-refractivity contribution in [2.24, 2.45) is 0 Å². The van der Waals surface area contributed by atoms with E-state index in [2.05, 4.69) is 0 Å². The van der Waals surface area contributed by atoms with Gasteiger partial charge in [0.15, 0.2) is 0 Å². The summed E-state index contributed by atoms with van der Waals surface area (Å²) in [4.78, 5) is 32.9. The number of esters is 1. The zero-order valence-corrected chi connectivity index (χ0v) is 11.5. The molecule has 2 aromatic rings. The van der Waals surface area contributed by atoms with E-state index >= 15 is 0 Å². The number of ether oxygens (including phenoxy) is 2. The molecule has 0 aliphatic heterocycles. The van der Waals surface area contributed by atoms with Crippen molar-refractivity contribution < 1.29 is 24.0 Å². The summed E-state index contributed by atoms with van der Waals surface area (Å²) in [7, 11) is 1.49. The lowest BCUT2D eigenvalue weighted by Crippen LogP contribution is -2.09. The fourth-order valence-electron chi connectivity index (χ4n) is 1.72. The maximum atomic E-state index is 12.0. The van der Waals surface area contributed by atoms with E-state index in [9.17, 15) is 19.7 Å². The molecule has 0 heterocycles. The summed E-state index contributed by atoms with van der Waals surface area (Å²) >= 11 is 0. The lowest BCUT2D eigenvalue weighted by atomic mass is 10.2. The van der Waals surface area contributed by atoms with Crippen molar-refractivity contribution in [1.82, 2.24) is 0 Å². The third-order valence-corrected chi connectivity index (χ3v) is 2.84. The lowest BCUT2D eigenvalue weighted by Gasteiger charge is -2.06. The van der Waals surface area contributed by atoms with Crippen molar-refractivity contribution >= 4 is 17.9 Å². The summed E-state index contributed by atoms with van der Waals surface area (Å²) in [5, 5.41) is 11.0. The number of benzene rings is 2. The number of methoxy groups -OCH3 is 1. The minimum Gasteiger partial charge on any atom is -0.497 e. The van der Waals surface area contributed by atoms with Crippen molar-refractivity contribution in [3.63, 3.8) is 0 Å². The van der Waals surface area contributed by atoms with Gasteiger partial charge in [0, 0.05) is 11.6 Å². The molecule has 0 N–H and O–H groups in total. The maximum absolute atomic E-state index is 12.0. The molecule has 0 aliphatic carbocycles. The highest BCUT2D eigenvalue weighted by molar-refractivity contribution is 5.92. The average Bonchev–Trinajstić information content (AvgIpc) is 2.55. The number of aldehydes is 1. The molecule has 0 fully saturated rings. The van der Waals surface area contributed by atoms with Crippen LogP contribution in [0.4, 0.5) is 5.69 Å². The number of hydrogen-bond donors (Lipinski definition) is 0. The van der Waals surface area contributed by atoms with E-state index in [4.69, 9.17) is 9.47 Å². The van der Waals surface area contributed by atoms with Gasteiger partial charge in [0.1, 0.15) is 12.0 Å². The first kappa shape index (κ1) is 15.2. The molecule has 22 heavy (non-hydrogen) atoms. The zero-order valence-electron chi connectivity index (χ0n) is 11.5. The molecule has 0 spiro atoms. The molecule has 0 unspecified atom stereocenters. The van der Waals surface area contributed by atoms with Gasteiger partial charge in [0.05, 0.1) is 17.6 Å². The molecule has 0 aliphatic rings. The number of nitro groups is 1. The minimum atomic E-state index is -0.746. The molecular weight excluding hydrogens is 290 g/mol. The standard InChI is InChI=1S/C15H11NO6/c1-21-12-5-3-11(4-6-12)15(18)22-14-7-2-10(9-17)8-13(14)16(19)20/h2-9H,1H3. The van der Waals surface area contributed by atoms with E-state index in [1.807, 2.05) is 0 Å². The molecule has 0 bridgehead atoms. The molecule has 0 radical (unpaired) electrons. The van der Waals surface area contributed by atoms with Crippen molar-refractivity contribution in [3.05, 3.63) is 63.7 Å². The molecule has 0 aromatic heterocycles. The molecule has 2 aromatic carbocycles. The average molecular weight is 301 g/mol. The van der Waals surface area contributed by atoms with E-state index < -0.39 is 16.6 Å². The van der Waals surface area contributed by atoms with Crippen molar-refractivity contribution in [3.8, 4) is 11.5 Å². The lowest BCUT2D eigenvalue weighted by molar-refractivity contribution is -0.385. The number of rotatable bonds is 5. The van der Waals surface area contributed by atoms with Crippen molar-refractivity contribution in [2.75, 3.05) is 7.11 Å². The van der Waals surface area contributed by atoms with Gasteiger partial charge < -0.3 is 9.47 Å². The van der Waals surface area contributed by atoms with Crippen LogP contribution in [0.15, 0.2) is 42.5 Å². The number of carbonyl (C=O) groups excluding carboxylic acids is 2. The second kappa shape index (κ2) is 6.49. The highest BCUT2D eigenvalue weighted by atomic mass is 16.6. The van der Waals surface area contributed by atoms with Gasteiger partial charge in [-0.3, -0.25) is 14.9 Å². The molecule has 0 amide bonds. The zero-order chi connectivity index (χ0) is 16.1. The Balaban J connectivity index is 2.27. The summed E-state index contributed by atoms with van der Waals surface area (Å²) in [6, 6.07) is 9.68. The molecule has 0 saturated carbocycles. The normalized spacial score (nSPS) is 9.86. The second-order valence-corrected chi connectivity index (χ2v) is 4.22. The highest BCUT2D eigenvalue weighted by Gasteiger charge is 2.19. The van der Waals surface area contributed by atoms with Gasteiger partial charge in [-0.25, -0.2) is 4.79 Å². The first-order valence-electron chi connectivity index (χ1n) is 6.15. The Labute approximate surface area is 125 Å². The molecule has 7 nitrogen and oxygen atoms in total. The third kappa shape index (κ3) is 3.26. The predicted octanol–water partition coefficient (Wildman–Crippen LogP) is 2.64. The van der Waals surface area contributed by atoms with Gasteiger partial charge in [-0.15, -0.1) is 0 Å². The summed E-state index contributed by atoms with van der Waals surface area (Å²) < 4.78 is 10.00. The SMILES string of the molecule is COc1ccc(C(=O)Oc2ccc(C=O)cc2[N+](=O)[O-])cc1. The first-order chi connectivity index (χ1) is 10.5. The first-order valence-corrected chi connectivity index (χ1v) is 6.15. The van der Waals surface area contributed by atoms with Gasteiger partial charge in [0.2, 0.25) is 5.75 Å². The highest BCUT2D eigenvalue weighted by Crippen LogP contribution is 2.28. The fraction of sp³-hybridized carbons (Fsp3) is 0.0667. The summed E-state index contributed by atoms with van der Waals surface area (Å²) in [6.45, 7) is 0. The van der Waals surface area contributed by atoms with Crippen LogP contribution in [0.5, 0.6) is 11.5 Å². The monoisotopic (exact) mass is 301 g/mol. The van der Waals surface area contributed by atoms with Crippen LogP contribution in [0, 0.1) is 10.1 Å². The molecule has 7 heteroatoms. The number of carbonyl (C=O) groups is 2. The quantitative estimate of drug-likeness (QED) is 0.277. The minimum absolute atomic E-state index is 0.121. The number of hydrogen-bond acceptors (Lipinski definition) is 6. The smallest absolute Gasteiger partial charge is 0.343 e. The van der Waals surface area contributed by atoms with E-state index in [-0.39, 0.29) is 16.9 Å². The Bertz CT molecular complexity index is 723. The largest absolute Gasteiger partial charge is 0.497 e.